The van der Waals surface area contributed by atoms with Gasteiger partial charge in [0.25, 0.3) is 11.6 Å². The van der Waals surface area contributed by atoms with Gasteiger partial charge in [0.1, 0.15) is 17.5 Å². The van der Waals surface area contributed by atoms with Crippen molar-refractivity contribution in [1.29, 1.82) is 5.26 Å². The zero-order valence-corrected chi connectivity index (χ0v) is 18.3. The summed E-state index contributed by atoms with van der Waals surface area (Å²) < 4.78 is 10.0. The van der Waals surface area contributed by atoms with Crippen LogP contribution >= 0.6 is 0 Å². The Morgan fingerprint density at radius 3 is 2.44 bits per heavy atom. The van der Waals surface area contributed by atoms with E-state index in [1.165, 1.54) is 36.4 Å². The largest absolute Gasteiger partial charge is 0.506 e. The average molecular weight is 466 g/mol. The molecule has 1 aliphatic rings. The number of morpholine rings is 1. The molecular weight excluding hydrogens is 444 g/mol. The fraction of sp³-hybridized carbons (Fsp3) is 0.261. The summed E-state index contributed by atoms with van der Waals surface area (Å²) in [7, 11) is 0. The predicted molar refractivity (Wildman–Crippen MR) is 122 cm³/mol. The first-order valence-corrected chi connectivity index (χ1v) is 10.4. The van der Waals surface area contributed by atoms with Gasteiger partial charge in [-0.15, -0.1) is 0 Å². The number of nitro benzene ring substituents is 1. The number of carbonyl (C=O) groups excluding carboxylic acids is 2. The second kappa shape index (κ2) is 10.9. The zero-order valence-electron chi connectivity index (χ0n) is 18.3. The SMILES string of the molecule is CCOC(=O)C(C#N)=C(O)c1ccc(NC(=O)c2ccc(N3CCOCC3)c([N+](=O)[O-])c2)cc1. The van der Waals surface area contributed by atoms with Crippen molar-refractivity contribution in [2.24, 2.45) is 0 Å². The number of hydrogen-bond donors (Lipinski definition) is 2. The zero-order chi connectivity index (χ0) is 24.7. The van der Waals surface area contributed by atoms with Gasteiger partial charge in [0.15, 0.2) is 5.57 Å². The molecule has 2 aromatic rings. The van der Waals surface area contributed by atoms with E-state index in [0.717, 1.165) is 0 Å². The lowest BCUT2D eigenvalue weighted by Crippen LogP contribution is -2.36. The monoisotopic (exact) mass is 466 g/mol. The molecule has 2 N–H and O–H groups in total. The van der Waals surface area contributed by atoms with E-state index >= 15 is 0 Å². The smallest absolute Gasteiger partial charge is 0.352 e. The molecule has 0 atom stereocenters. The number of rotatable bonds is 7. The number of nitrogens with zero attached hydrogens (tertiary/aromatic N) is 3. The molecule has 0 aromatic heterocycles. The standard InChI is InChI=1S/C23H22N4O7/c1-2-34-23(30)18(14-24)21(28)15-3-6-17(7-4-15)25-22(29)16-5-8-19(20(13-16)27(31)32)26-9-11-33-12-10-26/h3-8,13,28H,2,9-12H2,1H3,(H,25,29). The Balaban J connectivity index is 1.78. The molecule has 0 aliphatic carbocycles. The van der Waals surface area contributed by atoms with Gasteiger partial charge in [-0.3, -0.25) is 14.9 Å². The number of nitrogens with one attached hydrogen (secondary N) is 1. The summed E-state index contributed by atoms with van der Waals surface area (Å²) in [5.74, 6) is -2.05. The van der Waals surface area contributed by atoms with Crippen LogP contribution in [0.1, 0.15) is 22.8 Å². The number of hydrogen-bond acceptors (Lipinski definition) is 9. The van der Waals surface area contributed by atoms with E-state index in [1.807, 2.05) is 4.90 Å². The highest BCUT2D eigenvalue weighted by Crippen LogP contribution is 2.30. The molecule has 1 saturated heterocycles. The Hall–Kier alpha value is -4.43. The van der Waals surface area contributed by atoms with Gasteiger partial charge >= 0.3 is 5.97 Å². The number of amides is 1. The second-order valence-corrected chi connectivity index (χ2v) is 7.15. The molecule has 0 bridgehead atoms. The van der Waals surface area contributed by atoms with Gasteiger partial charge < -0.3 is 24.8 Å². The molecule has 1 amide bonds. The highest BCUT2D eigenvalue weighted by molar-refractivity contribution is 6.05. The van der Waals surface area contributed by atoms with Crippen LogP contribution in [0.25, 0.3) is 5.76 Å². The molecule has 0 spiro atoms. The van der Waals surface area contributed by atoms with Gasteiger partial charge in [0, 0.05) is 36.0 Å². The second-order valence-electron chi connectivity index (χ2n) is 7.15. The van der Waals surface area contributed by atoms with E-state index in [4.69, 9.17) is 14.7 Å². The van der Waals surface area contributed by atoms with Crippen LogP contribution in [0, 0.1) is 21.4 Å². The molecular formula is C23H22N4O7. The summed E-state index contributed by atoms with van der Waals surface area (Å²) in [6.45, 7) is 3.60. The van der Waals surface area contributed by atoms with Crippen molar-refractivity contribution in [2.45, 2.75) is 6.92 Å². The van der Waals surface area contributed by atoms with Crippen molar-refractivity contribution in [3.8, 4) is 6.07 Å². The first kappa shape index (κ1) is 24.2. The Labute approximate surface area is 195 Å². The molecule has 1 aliphatic heterocycles. The third-order valence-corrected chi connectivity index (χ3v) is 5.03. The number of aliphatic hydroxyl groups is 1. The molecule has 2 aromatic carbocycles. The topological polar surface area (TPSA) is 155 Å². The van der Waals surface area contributed by atoms with Gasteiger partial charge in [-0.05, 0) is 43.3 Å². The average Bonchev–Trinajstić information content (AvgIpc) is 2.85. The number of anilines is 2. The van der Waals surface area contributed by atoms with Crippen LogP contribution in [0.2, 0.25) is 0 Å². The lowest BCUT2D eigenvalue weighted by molar-refractivity contribution is -0.384. The van der Waals surface area contributed by atoms with Gasteiger partial charge in [-0.1, -0.05) is 0 Å². The van der Waals surface area contributed by atoms with E-state index in [0.29, 0.717) is 37.7 Å². The number of esters is 1. The maximum Gasteiger partial charge on any atom is 0.352 e. The normalized spacial score (nSPS) is 13.9. The van der Waals surface area contributed by atoms with Crippen LogP contribution in [0.3, 0.4) is 0 Å². The third-order valence-electron chi connectivity index (χ3n) is 5.03. The third kappa shape index (κ3) is 5.48. The van der Waals surface area contributed by atoms with Gasteiger partial charge in [-0.25, -0.2) is 4.79 Å². The Bertz CT molecular complexity index is 1160. The minimum atomic E-state index is -0.943. The molecule has 176 valence electrons. The van der Waals surface area contributed by atoms with Crippen LogP contribution in [-0.4, -0.2) is 54.8 Å². The van der Waals surface area contributed by atoms with Crippen molar-refractivity contribution in [3.05, 3.63) is 69.3 Å². The van der Waals surface area contributed by atoms with Gasteiger partial charge in [0.05, 0.1) is 24.7 Å². The van der Waals surface area contributed by atoms with Crippen molar-refractivity contribution >= 4 is 34.7 Å². The quantitative estimate of drug-likeness (QED) is 0.156. The molecule has 1 fully saturated rings. The highest BCUT2D eigenvalue weighted by atomic mass is 16.6. The summed E-state index contributed by atoms with van der Waals surface area (Å²) in [4.78, 5) is 37.4. The van der Waals surface area contributed by atoms with Crippen LogP contribution < -0.4 is 10.2 Å². The number of benzene rings is 2. The van der Waals surface area contributed by atoms with Crippen molar-refractivity contribution in [2.75, 3.05) is 43.1 Å². The van der Waals surface area contributed by atoms with E-state index in [-0.39, 0.29) is 23.4 Å². The Morgan fingerprint density at radius 1 is 1.21 bits per heavy atom. The summed E-state index contributed by atoms with van der Waals surface area (Å²) in [6.07, 6.45) is 0. The molecule has 11 nitrogen and oxygen atoms in total. The fourth-order valence-electron chi connectivity index (χ4n) is 3.34. The van der Waals surface area contributed by atoms with Crippen LogP contribution in [0.4, 0.5) is 17.1 Å². The molecule has 0 saturated carbocycles. The van der Waals surface area contributed by atoms with E-state index in [2.05, 4.69) is 5.32 Å². The molecule has 34 heavy (non-hydrogen) atoms. The predicted octanol–water partition coefficient (Wildman–Crippen LogP) is 3.04. The minimum absolute atomic E-state index is 0.0495. The van der Waals surface area contributed by atoms with E-state index in [9.17, 15) is 24.8 Å². The molecule has 1 heterocycles. The summed E-state index contributed by atoms with van der Waals surface area (Å²) in [5, 5.41) is 33.6. The maximum atomic E-state index is 12.7. The molecule has 0 unspecified atom stereocenters. The number of ether oxygens (including phenoxy) is 2. The summed E-state index contributed by atoms with van der Waals surface area (Å²) in [6, 6.07) is 11.6. The van der Waals surface area contributed by atoms with Crippen molar-refractivity contribution in [1.82, 2.24) is 0 Å². The summed E-state index contributed by atoms with van der Waals surface area (Å²) in [5.41, 5.74) is 0.328. The Morgan fingerprint density at radius 2 is 1.85 bits per heavy atom. The first-order valence-electron chi connectivity index (χ1n) is 10.4. The highest BCUT2D eigenvalue weighted by Gasteiger charge is 2.23. The number of carbonyl (C=O) groups is 2. The lowest BCUT2D eigenvalue weighted by Gasteiger charge is -2.28. The number of nitriles is 1. The van der Waals surface area contributed by atoms with E-state index < -0.39 is 28.1 Å². The molecule has 3 rings (SSSR count). The minimum Gasteiger partial charge on any atom is -0.506 e. The molecule has 11 heteroatoms. The van der Waals surface area contributed by atoms with Crippen LogP contribution in [0.5, 0.6) is 0 Å². The fourth-order valence-corrected chi connectivity index (χ4v) is 3.34. The van der Waals surface area contributed by atoms with Gasteiger partial charge in [0.2, 0.25) is 0 Å². The first-order chi connectivity index (χ1) is 16.3. The van der Waals surface area contributed by atoms with E-state index in [1.54, 1.807) is 19.1 Å². The number of aliphatic hydroxyl groups excluding tert-OH is 1. The van der Waals surface area contributed by atoms with Crippen LogP contribution in [-0.2, 0) is 14.3 Å². The van der Waals surface area contributed by atoms with Gasteiger partial charge in [-0.2, -0.15) is 5.26 Å². The Kier molecular flexibility index (Phi) is 7.79. The summed E-state index contributed by atoms with van der Waals surface area (Å²) >= 11 is 0. The molecule has 0 radical (unpaired) electrons. The lowest BCUT2D eigenvalue weighted by atomic mass is 10.1. The number of nitro groups is 1. The maximum absolute atomic E-state index is 12.7. The van der Waals surface area contributed by atoms with Crippen molar-refractivity contribution in [3.63, 3.8) is 0 Å². The van der Waals surface area contributed by atoms with Crippen molar-refractivity contribution < 1.29 is 29.1 Å². The van der Waals surface area contributed by atoms with Crippen LogP contribution in [0.15, 0.2) is 48.0 Å².